The van der Waals surface area contributed by atoms with E-state index in [1.54, 1.807) is 21.3 Å². The molecular weight excluding hydrogens is 585 g/mol. The summed E-state index contributed by atoms with van der Waals surface area (Å²) in [6.07, 6.45) is 2.75. The molecule has 0 spiro atoms. The maximum Gasteiger partial charge on any atom is 1.00 e. The summed E-state index contributed by atoms with van der Waals surface area (Å²) in [5.41, 5.74) is 0. The van der Waals surface area contributed by atoms with Crippen molar-refractivity contribution in [2.75, 3.05) is 60.8 Å². The van der Waals surface area contributed by atoms with Crippen molar-refractivity contribution in [3.63, 3.8) is 0 Å². The molecule has 0 aromatic heterocycles. The molecule has 16 heteroatoms. The molecule has 0 saturated heterocycles. The Hall–Kier alpha value is 2.99. The van der Waals surface area contributed by atoms with E-state index in [1.807, 2.05) is 0 Å². The van der Waals surface area contributed by atoms with Gasteiger partial charge in [-0.3, -0.25) is 8.80 Å². The molecule has 0 bridgehead atoms. The number of hydrogen-bond acceptors (Lipinski definition) is 11. The Morgan fingerprint density at radius 3 is 1.55 bits per heavy atom. The van der Waals surface area contributed by atoms with Crippen molar-refractivity contribution in [3.8, 4) is 0 Å². The molecule has 40 heavy (non-hydrogen) atoms. The summed E-state index contributed by atoms with van der Waals surface area (Å²) < 4.78 is 26.7. The fraction of sp³-hybridized carbons (Fsp3) is 1.00. The second kappa shape index (κ2) is 33.4. The minimum Gasteiger partial charge on any atom is -0.881 e. The molecule has 0 aromatic rings. The van der Waals surface area contributed by atoms with Crippen LogP contribution in [-0.4, -0.2) is 102 Å². The van der Waals surface area contributed by atoms with E-state index in [4.69, 9.17) is 22.8 Å². The van der Waals surface area contributed by atoms with E-state index in [1.165, 1.54) is 0 Å². The Morgan fingerprint density at radius 1 is 0.700 bits per heavy atom. The number of ether oxygens (including phenoxy) is 2. The summed E-state index contributed by atoms with van der Waals surface area (Å²) in [6, 6.07) is 1.34. The summed E-state index contributed by atoms with van der Waals surface area (Å²) in [5, 5.41) is 16.4. The van der Waals surface area contributed by atoms with Crippen LogP contribution in [0.25, 0.3) is 0 Å². The number of rotatable bonds is 23. The largest absolute Gasteiger partial charge is 1.00 e. The quantitative estimate of drug-likeness (QED) is 0.0719. The first-order chi connectivity index (χ1) is 17.4. The maximum atomic E-state index is 10.4. The van der Waals surface area contributed by atoms with Gasteiger partial charge in [0.25, 0.3) is 0 Å². The van der Waals surface area contributed by atoms with Gasteiger partial charge in [-0.25, -0.2) is 0 Å². The van der Waals surface area contributed by atoms with Crippen molar-refractivity contribution >= 4 is 17.6 Å². The molecule has 0 aromatic carbocycles. The van der Waals surface area contributed by atoms with Crippen molar-refractivity contribution in [2.45, 2.75) is 90.6 Å². The van der Waals surface area contributed by atoms with Crippen LogP contribution in [0, 0.1) is 5.92 Å². The summed E-state index contributed by atoms with van der Waals surface area (Å²) in [7, 11) is -2.29. The first kappa shape index (κ1) is 52.5. The predicted molar refractivity (Wildman–Crippen MR) is 144 cm³/mol. The molecule has 0 fully saturated rings. The molecule has 0 heterocycles. The van der Waals surface area contributed by atoms with Crippen LogP contribution >= 0.6 is 0 Å². The normalized spacial score (nSPS) is 14.4. The number of aliphatic hydroxyl groups is 1. The van der Waals surface area contributed by atoms with Gasteiger partial charge in [0.05, 0.1) is 19.3 Å². The zero-order chi connectivity index (χ0) is 28.7. The van der Waals surface area contributed by atoms with Gasteiger partial charge in [0.1, 0.15) is 0 Å². The Labute approximate surface area is 313 Å². The van der Waals surface area contributed by atoms with Crippen LogP contribution in [0.1, 0.15) is 60.3 Å². The van der Waals surface area contributed by atoms with Crippen LogP contribution in [0.15, 0.2) is 0 Å². The van der Waals surface area contributed by atoms with Gasteiger partial charge in [-0.15, -0.1) is 6.04 Å². The molecule has 0 rings (SSSR count). The first-order valence-electron chi connectivity index (χ1n) is 13.4. The van der Waals surface area contributed by atoms with Gasteiger partial charge in [0, 0.05) is 65.8 Å². The minimum atomic E-state index is -4.61. The third-order valence-corrected chi connectivity index (χ3v) is 9.73. The van der Waals surface area contributed by atoms with Gasteiger partial charge in [0.15, 0.2) is 0 Å². The summed E-state index contributed by atoms with van der Waals surface area (Å²) in [5.74, 6) is 0.387. The molecule has 4 unspecified atom stereocenters. The second-order valence-corrected chi connectivity index (χ2v) is 14.5. The molecule has 11 nitrogen and oxygen atoms in total. The predicted octanol–water partition coefficient (Wildman–Crippen LogP) is -9.53. The Balaban J connectivity index is -0.000000192. The third kappa shape index (κ3) is 33.9. The zero-order valence-corrected chi connectivity index (χ0v) is 35.5. The molecule has 4 atom stereocenters. The molecule has 0 amide bonds. The fourth-order valence-corrected chi connectivity index (χ4v) is 5.25. The van der Waals surface area contributed by atoms with Crippen molar-refractivity contribution < 1.29 is 131 Å². The summed E-state index contributed by atoms with van der Waals surface area (Å²) >= 11 is 0. The van der Waals surface area contributed by atoms with Gasteiger partial charge in [-0.1, -0.05) is 20.8 Å². The monoisotopic (exact) mass is 640 g/mol. The second-order valence-electron chi connectivity index (χ2n) is 9.53. The molecule has 3 N–H and O–H groups in total. The van der Waals surface area contributed by atoms with E-state index in [0.717, 1.165) is 25.8 Å². The number of hydrogen-bond donors (Lipinski definition) is 3. The van der Waals surface area contributed by atoms with E-state index in [-0.39, 0.29) is 94.7 Å². The molecule has 0 radical (unpaired) electrons. The van der Waals surface area contributed by atoms with Crippen molar-refractivity contribution in [1.82, 2.24) is 10.6 Å². The molecule has 226 valence electrons. The van der Waals surface area contributed by atoms with Crippen molar-refractivity contribution in [3.05, 3.63) is 0 Å². The summed E-state index contributed by atoms with van der Waals surface area (Å²) in [4.78, 5) is 31.1. The smallest absolute Gasteiger partial charge is 0.881 e. The van der Waals surface area contributed by atoms with Crippen LogP contribution in [0.2, 0.25) is 12.1 Å². The topological polar surface area (TPSA) is 160 Å². The Morgan fingerprint density at radius 2 is 1.12 bits per heavy atom. The van der Waals surface area contributed by atoms with Crippen molar-refractivity contribution in [1.29, 1.82) is 0 Å². The SMILES string of the molecule is CCC(C)NCC(C)COCCC[Si]([O-])([O-])[O-].CCC(C)NCC(O)COCCC[Si](OC)(OC)OC.[Na+].[Na+].[Na+]. The molecule has 0 aliphatic heterocycles. The van der Waals surface area contributed by atoms with Gasteiger partial charge < -0.3 is 52.9 Å². The average Bonchev–Trinajstić information content (AvgIpc) is 2.87. The molecule has 0 aliphatic rings. The summed E-state index contributed by atoms with van der Waals surface area (Å²) in [6.45, 7) is 13.8. The van der Waals surface area contributed by atoms with Crippen LogP contribution in [0.5, 0.6) is 0 Å². The minimum absolute atomic E-state index is 0. The third-order valence-electron chi connectivity index (χ3n) is 5.93. The number of aliphatic hydroxyl groups excluding tert-OH is 1. The number of nitrogens with one attached hydrogen (secondary N) is 2. The van der Waals surface area contributed by atoms with Crippen LogP contribution < -0.4 is 114 Å². The van der Waals surface area contributed by atoms with E-state index in [9.17, 15) is 19.5 Å². The molecule has 0 aliphatic carbocycles. The first-order valence-corrected chi connectivity index (χ1v) is 17.3. The Kier molecular flexibility index (Phi) is 43.8. The average molecular weight is 641 g/mol. The van der Waals surface area contributed by atoms with Gasteiger partial charge in [-0.05, 0) is 45.4 Å². The molecule has 0 saturated carbocycles. The molecular formula is C24H55N2Na3O9Si2. The van der Waals surface area contributed by atoms with E-state index in [0.29, 0.717) is 63.4 Å². The van der Waals surface area contributed by atoms with Crippen LogP contribution in [0.4, 0.5) is 0 Å². The van der Waals surface area contributed by atoms with Crippen molar-refractivity contribution in [2.24, 2.45) is 5.92 Å². The fourth-order valence-electron chi connectivity index (χ4n) is 2.99. The van der Waals surface area contributed by atoms with E-state index < -0.39 is 23.7 Å². The standard InChI is InChI=1S/C13H31NO5Si.C11H24NO4Si.3Na/c1-6-12(2)14-10-13(15)11-19-8-7-9-20(16-3,17-4)18-5;1-4-11(3)12-8-10(2)9-16-6-5-7-17(13,14)15;;;/h12-15H,6-11H2,1-5H3;10-12H,4-9H2,1-3H3;;;/q;-3;3*+1. The van der Waals surface area contributed by atoms with Gasteiger partial charge in [-0.2, -0.15) is 0 Å². The van der Waals surface area contributed by atoms with E-state index >= 15 is 0 Å². The van der Waals surface area contributed by atoms with E-state index in [2.05, 4.69) is 45.3 Å². The van der Waals surface area contributed by atoms with Gasteiger partial charge in [0.2, 0.25) is 0 Å². The van der Waals surface area contributed by atoms with Crippen LogP contribution in [-0.2, 0) is 22.8 Å². The van der Waals surface area contributed by atoms with Gasteiger partial charge >= 0.3 is 97.5 Å². The Bertz CT molecular complexity index is 508. The maximum absolute atomic E-state index is 10.4. The van der Waals surface area contributed by atoms with Crippen LogP contribution in [0.3, 0.4) is 0 Å². The zero-order valence-electron chi connectivity index (χ0n) is 27.5.